The fourth-order valence-corrected chi connectivity index (χ4v) is 4.53. The lowest BCUT2D eigenvalue weighted by molar-refractivity contribution is -0.288. The van der Waals surface area contributed by atoms with Gasteiger partial charge in [-0.05, 0) is 29.6 Å². The molecule has 1 aliphatic rings. The number of benzene rings is 1. The Hall–Kier alpha value is -4.68. The lowest BCUT2D eigenvalue weighted by Crippen LogP contribution is -2.63. The third-order valence-corrected chi connectivity index (χ3v) is 6.57. The van der Waals surface area contributed by atoms with E-state index in [9.17, 15) is 29.1 Å². The van der Waals surface area contributed by atoms with Crippen molar-refractivity contribution >= 4 is 29.8 Å². The Bertz CT molecular complexity index is 1320. The standard InChI is InChI=1S/C31H44N4O15/c1-19(36)45-18-26-28(46-20(2)37)29(47-21(3)38)30(48-22(4)39)31(50-26)49-25-7-5-23(17-24(25)40)6-8-27(41)33-9-11-42-13-15-44-16-14-43-12-10-34-35-32/h5,7,17,26,28-31,40H,6,8-16,18H2,1-4H3,(H,33,41)/t26-,28+,29+,30-,31-/m1/s1. The van der Waals surface area contributed by atoms with Crippen LogP contribution in [0.25, 0.3) is 10.4 Å². The van der Waals surface area contributed by atoms with E-state index in [1.54, 1.807) is 6.07 Å². The average molecular weight is 713 g/mol. The minimum atomic E-state index is -1.53. The summed E-state index contributed by atoms with van der Waals surface area (Å²) in [5, 5.41) is 16.8. The summed E-state index contributed by atoms with van der Waals surface area (Å²) in [4.78, 5) is 62.4. The quantitative estimate of drug-likeness (QED) is 0.0429. The number of carbonyl (C=O) groups is 5. The smallest absolute Gasteiger partial charge is 0.303 e. The molecule has 0 saturated carbocycles. The van der Waals surface area contributed by atoms with Crippen LogP contribution in [0.1, 0.15) is 39.7 Å². The third kappa shape index (κ3) is 16.1. The van der Waals surface area contributed by atoms with Crippen LogP contribution < -0.4 is 10.1 Å². The number of nitrogens with one attached hydrogen (secondary N) is 1. The van der Waals surface area contributed by atoms with Gasteiger partial charge in [-0.2, -0.15) is 0 Å². The lowest BCUT2D eigenvalue weighted by atomic mass is 9.98. The maximum Gasteiger partial charge on any atom is 0.303 e. The molecular formula is C31H44N4O15. The van der Waals surface area contributed by atoms with Crippen molar-refractivity contribution in [2.75, 3.05) is 59.3 Å². The number of aromatic hydroxyl groups is 1. The Balaban J connectivity index is 1.93. The summed E-state index contributed by atoms with van der Waals surface area (Å²) in [5.74, 6) is -3.74. The zero-order valence-corrected chi connectivity index (χ0v) is 28.4. The second kappa shape index (κ2) is 22.9. The maximum absolute atomic E-state index is 12.3. The maximum atomic E-state index is 12.3. The summed E-state index contributed by atoms with van der Waals surface area (Å²) in [6.07, 6.45) is -6.64. The Morgan fingerprint density at radius 2 is 1.44 bits per heavy atom. The number of amides is 1. The van der Waals surface area contributed by atoms with Gasteiger partial charge < -0.3 is 53.1 Å². The van der Waals surface area contributed by atoms with E-state index in [4.69, 9.17) is 48.2 Å². The van der Waals surface area contributed by atoms with Crippen LogP contribution in [-0.2, 0) is 68.3 Å². The topological polar surface area (TPSA) is 249 Å². The van der Waals surface area contributed by atoms with Gasteiger partial charge in [0.2, 0.25) is 18.3 Å². The predicted molar refractivity (Wildman–Crippen MR) is 168 cm³/mol. The highest BCUT2D eigenvalue weighted by atomic mass is 16.7. The first-order chi connectivity index (χ1) is 23.9. The summed E-state index contributed by atoms with van der Waals surface area (Å²) >= 11 is 0. The van der Waals surface area contributed by atoms with E-state index < -0.39 is 61.2 Å². The predicted octanol–water partition coefficient (Wildman–Crippen LogP) is 1.26. The number of rotatable bonds is 22. The zero-order valence-electron chi connectivity index (χ0n) is 28.4. The van der Waals surface area contributed by atoms with E-state index >= 15 is 0 Å². The SMILES string of the molecule is CC(=O)OC[C@H]1O[C@@H](Oc2ccc(CCC(=O)NCCOCCOCCOCCN=[N+]=[N-])cc2O)[C@H](OC(C)=O)[C@@H](OC(C)=O)[C@H]1OC(C)=O. The molecule has 2 rings (SSSR count). The molecule has 19 nitrogen and oxygen atoms in total. The van der Waals surface area contributed by atoms with Crippen LogP contribution in [0.2, 0.25) is 0 Å². The molecule has 1 heterocycles. The summed E-state index contributed by atoms with van der Waals surface area (Å²) in [5.41, 5.74) is 8.77. The van der Waals surface area contributed by atoms with E-state index in [0.29, 0.717) is 38.6 Å². The van der Waals surface area contributed by atoms with Gasteiger partial charge in [0, 0.05) is 52.1 Å². The molecule has 19 heteroatoms. The van der Waals surface area contributed by atoms with E-state index in [1.807, 2.05) is 0 Å². The molecule has 1 fully saturated rings. The minimum Gasteiger partial charge on any atom is -0.504 e. The molecule has 1 aromatic rings. The van der Waals surface area contributed by atoms with Crippen molar-refractivity contribution in [1.29, 1.82) is 0 Å². The molecule has 1 aliphatic heterocycles. The minimum absolute atomic E-state index is 0.113. The van der Waals surface area contributed by atoms with E-state index in [-0.39, 0.29) is 49.9 Å². The van der Waals surface area contributed by atoms with Gasteiger partial charge in [0.1, 0.15) is 12.7 Å². The molecule has 0 bridgehead atoms. The Morgan fingerprint density at radius 1 is 0.840 bits per heavy atom. The second-order valence-electron chi connectivity index (χ2n) is 10.6. The molecule has 1 amide bonds. The lowest BCUT2D eigenvalue weighted by Gasteiger charge is -2.43. The van der Waals surface area contributed by atoms with Crippen molar-refractivity contribution in [3.8, 4) is 11.5 Å². The van der Waals surface area contributed by atoms with Crippen LogP contribution in [0, 0.1) is 0 Å². The van der Waals surface area contributed by atoms with Crippen molar-refractivity contribution in [2.45, 2.75) is 71.2 Å². The molecule has 0 aliphatic carbocycles. The normalized spacial score (nSPS) is 19.7. The van der Waals surface area contributed by atoms with Crippen molar-refractivity contribution in [1.82, 2.24) is 5.32 Å². The molecule has 0 aromatic heterocycles. The van der Waals surface area contributed by atoms with Crippen LogP contribution in [-0.4, -0.2) is 125 Å². The molecule has 0 unspecified atom stereocenters. The number of aryl methyl sites for hydroxylation is 1. The Kier molecular flexibility index (Phi) is 19.0. The molecule has 0 spiro atoms. The number of hydrogen-bond acceptors (Lipinski definition) is 16. The van der Waals surface area contributed by atoms with Crippen molar-refractivity contribution in [3.63, 3.8) is 0 Å². The van der Waals surface area contributed by atoms with Gasteiger partial charge in [-0.1, -0.05) is 11.2 Å². The van der Waals surface area contributed by atoms with E-state index in [1.165, 1.54) is 12.1 Å². The van der Waals surface area contributed by atoms with Gasteiger partial charge in [-0.25, -0.2) is 0 Å². The number of nitrogens with zero attached hydrogens (tertiary/aromatic N) is 3. The summed E-state index contributed by atoms with van der Waals surface area (Å²) in [6, 6.07) is 4.38. The summed E-state index contributed by atoms with van der Waals surface area (Å²) < 4.78 is 48.9. The number of azide groups is 1. The highest BCUT2D eigenvalue weighted by molar-refractivity contribution is 5.76. The van der Waals surface area contributed by atoms with Crippen LogP contribution in [0.3, 0.4) is 0 Å². The van der Waals surface area contributed by atoms with E-state index in [2.05, 4.69) is 15.3 Å². The second-order valence-corrected chi connectivity index (χ2v) is 10.6. The van der Waals surface area contributed by atoms with Crippen molar-refractivity contribution in [3.05, 3.63) is 34.2 Å². The summed E-state index contributed by atoms with van der Waals surface area (Å²) in [7, 11) is 0. The van der Waals surface area contributed by atoms with Crippen LogP contribution >= 0.6 is 0 Å². The molecular weight excluding hydrogens is 668 g/mol. The third-order valence-electron chi connectivity index (χ3n) is 6.57. The number of esters is 4. The Morgan fingerprint density at radius 3 is 2.04 bits per heavy atom. The first kappa shape index (κ1) is 41.5. The largest absolute Gasteiger partial charge is 0.504 e. The monoisotopic (exact) mass is 712 g/mol. The number of phenolic OH excluding ortho intramolecular Hbond substituents is 1. The Labute approximate surface area is 288 Å². The van der Waals surface area contributed by atoms with Gasteiger partial charge in [0.25, 0.3) is 0 Å². The van der Waals surface area contributed by atoms with Crippen LogP contribution in [0.5, 0.6) is 11.5 Å². The van der Waals surface area contributed by atoms with Crippen molar-refractivity contribution in [2.24, 2.45) is 5.11 Å². The van der Waals surface area contributed by atoms with E-state index in [0.717, 1.165) is 27.7 Å². The van der Waals surface area contributed by atoms with Gasteiger partial charge in [0.15, 0.2) is 23.7 Å². The van der Waals surface area contributed by atoms with Gasteiger partial charge in [-0.3, -0.25) is 24.0 Å². The zero-order chi connectivity index (χ0) is 36.9. The first-order valence-corrected chi connectivity index (χ1v) is 15.7. The number of ether oxygens (including phenoxy) is 9. The van der Waals surface area contributed by atoms with Gasteiger partial charge in [-0.15, -0.1) is 0 Å². The average Bonchev–Trinajstić information content (AvgIpc) is 3.04. The highest BCUT2D eigenvalue weighted by Gasteiger charge is 2.53. The fourth-order valence-electron chi connectivity index (χ4n) is 4.53. The molecule has 1 aromatic carbocycles. The van der Waals surface area contributed by atoms with Crippen LogP contribution in [0.4, 0.5) is 0 Å². The number of carbonyl (C=O) groups excluding carboxylic acids is 5. The van der Waals surface area contributed by atoms with Gasteiger partial charge in [0.05, 0.1) is 39.6 Å². The fraction of sp³-hybridized carbons (Fsp3) is 0.645. The molecule has 2 N–H and O–H groups in total. The van der Waals surface area contributed by atoms with Crippen molar-refractivity contribution < 1.29 is 71.7 Å². The molecule has 278 valence electrons. The number of phenols is 1. The molecule has 1 saturated heterocycles. The number of hydrogen-bond donors (Lipinski definition) is 2. The summed E-state index contributed by atoms with van der Waals surface area (Å²) in [6.45, 7) is 6.58. The molecule has 0 radical (unpaired) electrons. The molecule has 5 atom stereocenters. The van der Waals surface area contributed by atoms with Crippen LogP contribution in [0.15, 0.2) is 23.3 Å². The highest BCUT2D eigenvalue weighted by Crippen LogP contribution is 2.34. The van der Waals surface area contributed by atoms with Gasteiger partial charge >= 0.3 is 23.9 Å². The molecule has 50 heavy (non-hydrogen) atoms. The first-order valence-electron chi connectivity index (χ1n) is 15.7.